The minimum absolute atomic E-state index is 0.0236. The maximum Gasteiger partial charge on any atom is 0.257 e. The van der Waals surface area contributed by atoms with Crippen molar-refractivity contribution in [3.8, 4) is 11.3 Å². The maximum absolute atomic E-state index is 13.8. The van der Waals surface area contributed by atoms with Crippen molar-refractivity contribution in [1.29, 1.82) is 0 Å². The number of morpholine rings is 1. The number of nitrogens with one attached hydrogen (secondary N) is 1. The van der Waals surface area contributed by atoms with Gasteiger partial charge >= 0.3 is 0 Å². The summed E-state index contributed by atoms with van der Waals surface area (Å²) in [5.41, 5.74) is 4.32. The fourth-order valence-electron chi connectivity index (χ4n) is 4.91. The SMILES string of the molecule is O=C(c1cn(C(Cc2ccc(Br)cc2)c2cnc[nH]2)nc1-c1cccc2ccccc12)N1CCOCC1. The smallest absolute Gasteiger partial charge is 0.257 e. The van der Waals surface area contributed by atoms with Crippen molar-refractivity contribution in [1.82, 2.24) is 24.6 Å². The predicted octanol–water partition coefficient (Wildman–Crippen LogP) is 5.49. The van der Waals surface area contributed by atoms with Crippen molar-refractivity contribution in [3.63, 3.8) is 0 Å². The van der Waals surface area contributed by atoms with Gasteiger partial charge in [0.15, 0.2) is 0 Å². The van der Waals surface area contributed by atoms with Crippen LogP contribution in [0.4, 0.5) is 0 Å². The van der Waals surface area contributed by atoms with E-state index in [2.05, 4.69) is 56.2 Å². The molecule has 1 fully saturated rings. The molecular formula is C29H26BrN5O2. The molecule has 3 heterocycles. The van der Waals surface area contributed by atoms with Crippen LogP contribution in [0.25, 0.3) is 22.0 Å². The third kappa shape index (κ3) is 4.82. The Morgan fingerprint density at radius 3 is 2.59 bits per heavy atom. The molecule has 1 atom stereocenters. The normalized spacial score (nSPS) is 14.7. The Hall–Kier alpha value is -3.75. The number of amides is 1. The molecule has 5 aromatic rings. The number of nitrogens with zero attached hydrogens (tertiary/aromatic N) is 4. The van der Waals surface area contributed by atoms with Gasteiger partial charge in [-0.25, -0.2) is 4.98 Å². The minimum atomic E-state index is -0.163. The van der Waals surface area contributed by atoms with Crippen molar-refractivity contribution in [2.75, 3.05) is 26.3 Å². The molecule has 8 heteroatoms. The number of carbonyl (C=O) groups is 1. The molecule has 6 rings (SSSR count). The zero-order chi connectivity index (χ0) is 25.2. The lowest BCUT2D eigenvalue weighted by atomic mass is 9.99. The third-order valence-electron chi connectivity index (χ3n) is 6.85. The molecule has 0 bridgehead atoms. The van der Waals surface area contributed by atoms with Crippen molar-refractivity contribution in [2.45, 2.75) is 12.5 Å². The number of benzene rings is 3. The Kier molecular flexibility index (Phi) is 6.59. The number of halogens is 1. The van der Waals surface area contributed by atoms with Crippen LogP contribution in [0.15, 0.2) is 89.9 Å². The van der Waals surface area contributed by atoms with Crippen LogP contribution < -0.4 is 0 Å². The van der Waals surface area contributed by atoms with Gasteiger partial charge in [-0.05, 0) is 28.5 Å². The molecule has 7 nitrogen and oxygen atoms in total. The summed E-state index contributed by atoms with van der Waals surface area (Å²) in [6.45, 7) is 2.23. The number of rotatable bonds is 6. The van der Waals surface area contributed by atoms with Gasteiger partial charge in [0.25, 0.3) is 5.91 Å². The summed E-state index contributed by atoms with van der Waals surface area (Å²) in [6.07, 6.45) is 6.10. The Morgan fingerprint density at radius 2 is 1.81 bits per heavy atom. The van der Waals surface area contributed by atoms with Gasteiger partial charge in [0.1, 0.15) is 5.69 Å². The monoisotopic (exact) mass is 555 g/mol. The van der Waals surface area contributed by atoms with Crippen LogP contribution in [-0.2, 0) is 11.2 Å². The first kappa shape index (κ1) is 23.6. The average Bonchev–Trinajstić information content (AvgIpc) is 3.64. The molecule has 1 N–H and O–H groups in total. The number of aromatic amines is 1. The summed E-state index contributed by atoms with van der Waals surface area (Å²) < 4.78 is 8.45. The van der Waals surface area contributed by atoms with E-state index in [0.717, 1.165) is 32.1 Å². The van der Waals surface area contributed by atoms with Gasteiger partial charge in [-0.15, -0.1) is 0 Å². The Bertz CT molecular complexity index is 1520. The van der Waals surface area contributed by atoms with E-state index in [1.165, 1.54) is 0 Å². The lowest BCUT2D eigenvalue weighted by Gasteiger charge is -2.26. The van der Waals surface area contributed by atoms with Crippen molar-refractivity contribution in [3.05, 3.63) is 107 Å². The molecule has 0 radical (unpaired) electrons. The summed E-state index contributed by atoms with van der Waals surface area (Å²) in [5, 5.41) is 7.27. The zero-order valence-corrected chi connectivity index (χ0v) is 21.8. The molecule has 0 saturated carbocycles. The molecule has 0 aliphatic carbocycles. The highest BCUT2D eigenvalue weighted by atomic mass is 79.9. The second kappa shape index (κ2) is 10.3. The van der Waals surface area contributed by atoms with Crippen LogP contribution in [0.3, 0.4) is 0 Å². The number of ether oxygens (including phenoxy) is 1. The van der Waals surface area contributed by atoms with E-state index in [1.54, 1.807) is 6.33 Å². The largest absolute Gasteiger partial charge is 0.378 e. The van der Waals surface area contributed by atoms with Gasteiger partial charge in [-0.2, -0.15) is 5.10 Å². The molecule has 1 saturated heterocycles. The molecule has 1 unspecified atom stereocenters. The predicted molar refractivity (Wildman–Crippen MR) is 146 cm³/mol. The first-order chi connectivity index (χ1) is 18.2. The Labute approximate surface area is 223 Å². The van der Waals surface area contributed by atoms with Crippen molar-refractivity contribution in [2.24, 2.45) is 0 Å². The fourth-order valence-corrected chi connectivity index (χ4v) is 5.18. The lowest BCUT2D eigenvalue weighted by Crippen LogP contribution is -2.40. The summed E-state index contributed by atoms with van der Waals surface area (Å²) in [7, 11) is 0. The molecule has 37 heavy (non-hydrogen) atoms. The van der Waals surface area contributed by atoms with E-state index in [1.807, 2.05) is 58.4 Å². The van der Waals surface area contributed by atoms with Crippen molar-refractivity contribution < 1.29 is 9.53 Å². The molecule has 1 amide bonds. The Morgan fingerprint density at radius 1 is 1.03 bits per heavy atom. The van der Waals surface area contributed by atoms with Gasteiger partial charge in [0, 0.05) is 35.7 Å². The second-order valence-corrected chi connectivity index (χ2v) is 10.1. The fraction of sp³-hybridized carbons (Fsp3) is 0.207. The molecule has 3 aromatic carbocycles. The van der Waals surface area contributed by atoms with E-state index in [0.29, 0.717) is 44.0 Å². The van der Waals surface area contributed by atoms with Crippen LogP contribution >= 0.6 is 15.9 Å². The van der Waals surface area contributed by atoms with E-state index in [9.17, 15) is 4.79 Å². The highest BCUT2D eigenvalue weighted by Crippen LogP contribution is 2.33. The second-order valence-electron chi connectivity index (χ2n) is 9.16. The van der Waals surface area contributed by atoms with Crippen LogP contribution in [0.2, 0.25) is 0 Å². The first-order valence-corrected chi connectivity index (χ1v) is 13.1. The van der Waals surface area contributed by atoms with Crippen LogP contribution in [0, 0.1) is 0 Å². The molecule has 1 aliphatic rings. The van der Waals surface area contributed by atoms with Gasteiger partial charge in [-0.3, -0.25) is 9.48 Å². The standard InChI is InChI=1S/C29H26BrN5O2/c30-22-10-8-20(9-11-22)16-27(26-17-31-19-32-26)35-18-25(29(36)34-12-14-37-15-13-34)28(33-35)24-7-3-5-21-4-1-2-6-23(21)24/h1-11,17-19,27H,12-16H2,(H,31,32). The van der Waals surface area contributed by atoms with E-state index in [4.69, 9.17) is 9.84 Å². The van der Waals surface area contributed by atoms with Crippen molar-refractivity contribution >= 4 is 32.6 Å². The number of hydrogen-bond donors (Lipinski definition) is 1. The van der Waals surface area contributed by atoms with E-state index < -0.39 is 0 Å². The number of carbonyl (C=O) groups excluding carboxylic acids is 1. The Balaban J connectivity index is 1.49. The van der Waals surface area contributed by atoms with E-state index >= 15 is 0 Å². The topological polar surface area (TPSA) is 76.0 Å². The van der Waals surface area contributed by atoms with E-state index in [-0.39, 0.29) is 11.9 Å². The van der Waals surface area contributed by atoms with Crippen LogP contribution in [0.5, 0.6) is 0 Å². The lowest BCUT2D eigenvalue weighted by molar-refractivity contribution is 0.0303. The minimum Gasteiger partial charge on any atom is -0.378 e. The summed E-state index contributed by atoms with van der Waals surface area (Å²) in [5.74, 6) is -0.0236. The number of imidazole rings is 1. The summed E-state index contributed by atoms with van der Waals surface area (Å²) in [4.78, 5) is 23.2. The average molecular weight is 556 g/mol. The van der Waals surface area contributed by atoms with Gasteiger partial charge in [0.2, 0.25) is 0 Å². The highest BCUT2D eigenvalue weighted by molar-refractivity contribution is 9.10. The quantitative estimate of drug-likeness (QED) is 0.300. The molecular weight excluding hydrogens is 530 g/mol. The van der Waals surface area contributed by atoms with Gasteiger partial charge in [0.05, 0.1) is 43.0 Å². The van der Waals surface area contributed by atoms with Gasteiger partial charge in [-0.1, -0.05) is 70.5 Å². The molecule has 1 aliphatic heterocycles. The number of hydrogen-bond acceptors (Lipinski definition) is 4. The van der Waals surface area contributed by atoms with Gasteiger partial charge < -0.3 is 14.6 Å². The highest BCUT2D eigenvalue weighted by Gasteiger charge is 2.28. The zero-order valence-electron chi connectivity index (χ0n) is 20.2. The molecule has 186 valence electrons. The number of fused-ring (bicyclic) bond motifs is 1. The molecule has 0 spiro atoms. The number of aromatic nitrogens is 4. The summed E-state index contributed by atoms with van der Waals surface area (Å²) in [6, 6.07) is 22.5. The summed E-state index contributed by atoms with van der Waals surface area (Å²) >= 11 is 3.52. The first-order valence-electron chi connectivity index (χ1n) is 12.3. The maximum atomic E-state index is 13.8. The van der Waals surface area contributed by atoms with Crippen LogP contribution in [-0.4, -0.2) is 56.9 Å². The third-order valence-corrected chi connectivity index (χ3v) is 7.37. The molecule has 2 aromatic heterocycles. The van der Waals surface area contributed by atoms with Crippen LogP contribution in [0.1, 0.15) is 27.7 Å². The number of H-pyrrole nitrogens is 1.